The van der Waals surface area contributed by atoms with Crippen LogP contribution < -0.4 is 9.47 Å². The van der Waals surface area contributed by atoms with Gasteiger partial charge >= 0.3 is 0 Å². The Balaban J connectivity index is 1.59. The summed E-state index contributed by atoms with van der Waals surface area (Å²) in [5.74, 6) is 0. The van der Waals surface area contributed by atoms with Crippen molar-refractivity contribution in [2.75, 3.05) is 18.0 Å². The third-order valence-corrected chi connectivity index (χ3v) is 6.30. The summed E-state index contributed by atoms with van der Waals surface area (Å²) in [5, 5.41) is 3.89. The quantitative estimate of drug-likeness (QED) is 0.254. The van der Waals surface area contributed by atoms with Gasteiger partial charge in [-0.1, -0.05) is 69.2 Å². The van der Waals surface area contributed by atoms with Gasteiger partial charge in [0.25, 0.3) is 0 Å². The van der Waals surface area contributed by atoms with Crippen LogP contribution in [0.3, 0.4) is 0 Å². The van der Waals surface area contributed by atoms with E-state index in [1.807, 2.05) is 0 Å². The van der Waals surface area contributed by atoms with E-state index in [4.69, 9.17) is 0 Å². The lowest BCUT2D eigenvalue weighted by atomic mass is 10.0. The zero-order chi connectivity index (χ0) is 22.3. The van der Waals surface area contributed by atoms with Crippen molar-refractivity contribution in [2.45, 2.75) is 39.5 Å². The fraction of sp³-hybridized carbons (Fsp3) is 0.300. The molecule has 0 spiro atoms. The van der Waals surface area contributed by atoms with Crippen LogP contribution >= 0.6 is 0 Å². The first-order valence-corrected chi connectivity index (χ1v) is 12.0. The first kappa shape index (κ1) is 22.1. The Kier molecular flexibility index (Phi) is 7.21. The lowest BCUT2D eigenvalue weighted by Gasteiger charge is -2.25. The van der Waals surface area contributed by atoms with Gasteiger partial charge in [0.05, 0.1) is 5.39 Å². The van der Waals surface area contributed by atoms with Crippen molar-refractivity contribution in [1.29, 1.82) is 0 Å². The van der Waals surface area contributed by atoms with Crippen molar-refractivity contribution < 1.29 is 4.57 Å². The molecule has 0 atom stereocenters. The van der Waals surface area contributed by atoms with E-state index in [1.165, 1.54) is 64.2 Å². The van der Waals surface area contributed by atoms with Crippen LogP contribution in [0.15, 0.2) is 72.9 Å². The minimum absolute atomic E-state index is 1.14. The molecule has 0 saturated heterocycles. The van der Waals surface area contributed by atoms with Crippen molar-refractivity contribution in [3.8, 4) is 0 Å². The van der Waals surface area contributed by atoms with Gasteiger partial charge in [0.15, 0.2) is 6.20 Å². The van der Waals surface area contributed by atoms with Crippen molar-refractivity contribution in [1.82, 2.24) is 0 Å². The Morgan fingerprint density at radius 1 is 0.781 bits per heavy atom. The molecule has 0 aliphatic carbocycles. The summed E-state index contributed by atoms with van der Waals surface area (Å²) in [5.41, 5.74) is 5.08. The molecule has 0 unspecified atom stereocenters. The summed E-state index contributed by atoms with van der Waals surface area (Å²) < 4.78 is 2.17. The van der Waals surface area contributed by atoms with E-state index in [0.717, 1.165) is 13.1 Å². The number of rotatable bonds is 9. The molecule has 0 aliphatic rings. The minimum atomic E-state index is 1.14. The standard InChI is InChI=1S/C30H35N2/c1-4-6-19-32(20-7-5-2)28-17-16-26-22-24(13-15-27(26)23-28)12-14-25-18-21-31(3)30-11-9-8-10-29(25)30/h8-18,21-23H,4-7,19-20H2,1-3H3/q+1. The van der Waals surface area contributed by atoms with Crippen molar-refractivity contribution in [3.05, 3.63) is 84.1 Å². The van der Waals surface area contributed by atoms with E-state index in [9.17, 15) is 0 Å². The molecule has 4 rings (SSSR count). The van der Waals surface area contributed by atoms with E-state index in [-0.39, 0.29) is 0 Å². The molecule has 0 fully saturated rings. The third-order valence-electron chi connectivity index (χ3n) is 6.30. The molecule has 0 radical (unpaired) electrons. The summed E-state index contributed by atoms with van der Waals surface area (Å²) in [6.45, 7) is 6.83. The predicted molar refractivity (Wildman–Crippen MR) is 140 cm³/mol. The molecule has 164 valence electrons. The number of aromatic nitrogens is 1. The van der Waals surface area contributed by atoms with Gasteiger partial charge in [-0.05, 0) is 59.0 Å². The zero-order valence-electron chi connectivity index (χ0n) is 19.7. The Bertz CT molecular complexity index is 1210. The highest BCUT2D eigenvalue weighted by Crippen LogP contribution is 2.25. The number of hydrogen-bond acceptors (Lipinski definition) is 1. The molecule has 3 aromatic carbocycles. The Morgan fingerprint density at radius 2 is 1.50 bits per heavy atom. The van der Waals surface area contributed by atoms with Crippen LogP contribution in [0.2, 0.25) is 0 Å². The summed E-state index contributed by atoms with van der Waals surface area (Å²) in [6.07, 6.45) is 11.6. The average molecular weight is 424 g/mol. The molecule has 2 heteroatoms. The highest BCUT2D eigenvalue weighted by Gasteiger charge is 2.08. The number of fused-ring (bicyclic) bond motifs is 2. The van der Waals surface area contributed by atoms with Crippen LogP contribution in [0.4, 0.5) is 5.69 Å². The van der Waals surface area contributed by atoms with Gasteiger partial charge in [0.1, 0.15) is 7.05 Å². The molecule has 0 N–H and O–H groups in total. The van der Waals surface area contributed by atoms with E-state index >= 15 is 0 Å². The Morgan fingerprint density at radius 3 is 2.28 bits per heavy atom. The van der Waals surface area contributed by atoms with Crippen molar-refractivity contribution in [3.63, 3.8) is 0 Å². The number of pyridine rings is 1. The third kappa shape index (κ3) is 5.02. The minimum Gasteiger partial charge on any atom is -0.372 e. The highest BCUT2D eigenvalue weighted by molar-refractivity contribution is 5.91. The lowest BCUT2D eigenvalue weighted by Crippen LogP contribution is -2.28. The first-order valence-electron chi connectivity index (χ1n) is 12.0. The maximum absolute atomic E-state index is 2.56. The molecule has 1 aromatic heterocycles. The van der Waals surface area contributed by atoms with Crippen LogP contribution in [0.25, 0.3) is 33.8 Å². The Labute approximate surface area is 192 Å². The summed E-state index contributed by atoms with van der Waals surface area (Å²) in [7, 11) is 2.10. The SMILES string of the molecule is CCCCN(CCCC)c1ccc2cc(/C=C/c3cc[n+](C)c4ccccc34)ccc2c1. The fourth-order valence-corrected chi connectivity index (χ4v) is 4.34. The number of nitrogens with zero attached hydrogens (tertiary/aromatic N) is 2. The van der Waals surface area contributed by atoms with E-state index in [0.29, 0.717) is 0 Å². The van der Waals surface area contributed by atoms with Crippen molar-refractivity contribution >= 4 is 39.5 Å². The van der Waals surface area contributed by atoms with Crippen LogP contribution in [-0.2, 0) is 7.05 Å². The molecule has 1 heterocycles. The number of hydrogen-bond donors (Lipinski definition) is 0. The maximum atomic E-state index is 2.56. The summed E-state index contributed by atoms with van der Waals surface area (Å²) in [4.78, 5) is 2.56. The van der Waals surface area contributed by atoms with Crippen LogP contribution in [0.5, 0.6) is 0 Å². The van der Waals surface area contributed by atoms with Crippen LogP contribution in [0, 0.1) is 0 Å². The predicted octanol–water partition coefficient (Wildman–Crippen LogP) is 7.39. The molecule has 0 bridgehead atoms. The Hall–Kier alpha value is -3.13. The molecule has 0 aliphatic heterocycles. The van der Waals surface area contributed by atoms with Gasteiger partial charge in [-0.15, -0.1) is 0 Å². The maximum Gasteiger partial charge on any atom is 0.212 e. The van der Waals surface area contributed by atoms with Gasteiger partial charge < -0.3 is 4.90 Å². The second-order valence-electron chi connectivity index (χ2n) is 8.72. The normalized spacial score (nSPS) is 11.6. The van der Waals surface area contributed by atoms with Crippen molar-refractivity contribution in [2.24, 2.45) is 7.05 Å². The second kappa shape index (κ2) is 10.5. The number of para-hydroxylation sites is 1. The molecule has 4 aromatic rings. The molecule has 32 heavy (non-hydrogen) atoms. The largest absolute Gasteiger partial charge is 0.372 e. The average Bonchev–Trinajstić information content (AvgIpc) is 2.83. The van der Waals surface area contributed by atoms with Gasteiger partial charge in [0.2, 0.25) is 5.52 Å². The lowest BCUT2D eigenvalue weighted by molar-refractivity contribution is -0.644. The van der Waals surface area contributed by atoms with Gasteiger partial charge in [-0.25, -0.2) is 4.57 Å². The number of aryl methyl sites for hydroxylation is 1. The van der Waals surface area contributed by atoms with Gasteiger partial charge in [-0.3, -0.25) is 0 Å². The van der Waals surface area contributed by atoms with Gasteiger partial charge in [-0.2, -0.15) is 0 Å². The highest BCUT2D eigenvalue weighted by atomic mass is 15.1. The smallest absolute Gasteiger partial charge is 0.212 e. The number of benzene rings is 3. The number of anilines is 1. The summed E-state index contributed by atoms with van der Waals surface area (Å²) >= 11 is 0. The van der Waals surface area contributed by atoms with Crippen LogP contribution in [0.1, 0.15) is 50.7 Å². The van der Waals surface area contributed by atoms with E-state index < -0.39 is 0 Å². The van der Waals surface area contributed by atoms with E-state index in [2.05, 4.69) is 115 Å². The second-order valence-corrected chi connectivity index (χ2v) is 8.72. The molecular weight excluding hydrogens is 388 g/mol. The van der Waals surface area contributed by atoms with E-state index in [1.54, 1.807) is 0 Å². The summed E-state index contributed by atoms with van der Waals surface area (Å²) in [6, 6.07) is 24.5. The molecular formula is C30H35N2+. The topological polar surface area (TPSA) is 7.12 Å². The first-order chi connectivity index (χ1) is 15.7. The number of unbranched alkanes of at least 4 members (excludes halogenated alkanes) is 2. The molecule has 2 nitrogen and oxygen atoms in total. The zero-order valence-corrected chi connectivity index (χ0v) is 19.7. The monoisotopic (exact) mass is 423 g/mol. The van der Waals surface area contributed by atoms with Crippen LogP contribution in [-0.4, -0.2) is 13.1 Å². The fourth-order valence-electron chi connectivity index (χ4n) is 4.34. The molecule has 0 saturated carbocycles. The van der Waals surface area contributed by atoms with Gasteiger partial charge in [0, 0.05) is 30.9 Å². The molecule has 0 amide bonds.